The summed E-state index contributed by atoms with van der Waals surface area (Å²) in [4.78, 5) is 0. The first kappa shape index (κ1) is 16.2. The molecule has 0 fully saturated rings. The van der Waals surface area contributed by atoms with E-state index in [4.69, 9.17) is 0.938 Å². The van der Waals surface area contributed by atoms with Crippen LogP contribution in [0.3, 0.4) is 0 Å². The van der Waals surface area contributed by atoms with Crippen molar-refractivity contribution < 1.29 is 77.6 Å². The second-order valence-corrected chi connectivity index (χ2v) is 0. The zero-order chi connectivity index (χ0) is 2.00. The molecule has 0 aromatic rings. The maximum Gasteiger partial charge on any atom is 0 e. The number of hydrogen-bond donors (Lipinski definition) is 0. The molecule has 0 aliphatic rings. The fourth-order valence-electron chi connectivity index (χ4n) is 0. The molecule has 0 rings (SSSR count). The van der Waals surface area contributed by atoms with E-state index in [1.54, 1.807) is 0 Å². The average molecular weight is 321 g/mol. The van der Waals surface area contributed by atoms with Crippen LogP contribution in [0.1, 0.15) is 0 Å². The van der Waals surface area contributed by atoms with Crippen molar-refractivity contribution in [3.8, 4) is 0 Å². The van der Waals surface area contributed by atoms with Crippen molar-refractivity contribution in [2.45, 2.75) is 0 Å². The zero-order valence-corrected chi connectivity index (χ0v) is 7.22. The molecule has 0 N–H and O–H groups in total. The van der Waals surface area contributed by atoms with E-state index in [2.05, 4.69) is 0 Å². The molecule has 1 nitrogen and oxygen atoms in total. The monoisotopic (exact) mass is 320 g/mol. The van der Waals surface area contributed by atoms with Gasteiger partial charge in [0.1, 0.15) is 0 Å². The molecule has 0 unspecified atom stereocenters. The van der Waals surface area contributed by atoms with Crippen LogP contribution in [-0.4, -0.2) is 0 Å². The second-order valence-electron chi connectivity index (χ2n) is 0. The Bertz CT molecular complexity index is 8.00. The fourth-order valence-corrected chi connectivity index (χ4v) is 0. The smallest absolute Gasteiger partial charge is 0 e. The second kappa shape index (κ2) is 18.4. The van der Waals surface area contributed by atoms with Crippen LogP contribution in [0.5, 0.6) is 0 Å². The standard InChI is InChI=1S/Ce.Ni.O.Pd. The third-order valence-corrected chi connectivity index (χ3v) is 0. The molecule has 0 heterocycles. The third-order valence-electron chi connectivity index (χ3n) is 0. The third kappa shape index (κ3) is 8.84. The predicted octanol–water partition coefficient (Wildman–Crippen LogP) is -0.124. The molecule has 0 saturated carbocycles. The average Bonchev–Trinajstić information content (AvgIpc) is 1.00. The summed E-state index contributed by atoms with van der Waals surface area (Å²) in [5, 5.41) is 0. The van der Waals surface area contributed by atoms with E-state index in [0.29, 0.717) is 0 Å². The molecule has 0 aromatic heterocycles. The van der Waals surface area contributed by atoms with E-state index in [1.807, 2.05) is 0 Å². The van der Waals surface area contributed by atoms with E-state index in [-0.39, 0.29) is 76.7 Å². The van der Waals surface area contributed by atoms with Gasteiger partial charge in [-0.1, -0.05) is 0 Å². The van der Waals surface area contributed by atoms with E-state index < -0.39 is 0 Å². The van der Waals surface area contributed by atoms with Crippen molar-refractivity contribution in [2.24, 2.45) is 0 Å². The van der Waals surface area contributed by atoms with Gasteiger partial charge in [-0.2, -0.15) is 0 Å². The molecule has 0 amide bonds. The molecular weight excluding hydrogens is 321 g/mol. The Morgan fingerprint density at radius 1 is 1.25 bits per heavy atom. The fraction of sp³-hybridized carbons (Fsp3) is 0. The summed E-state index contributed by atoms with van der Waals surface area (Å²) in [6.45, 7) is 0. The van der Waals surface area contributed by atoms with Gasteiger partial charge in [-0.15, -0.1) is 0 Å². The minimum Gasteiger partial charge on any atom is 0 e. The molecule has 0 aliphatic carbocycles. The molecule has 0 aromatic carbocycles. The van der Waals surface area contributed by atoms with Gasteiger partial charge in [-0.25, -0.2) is 0 Å². The van der Waals surface area contributed by atoms with Crippen molar-refractivity contribution in [1.29, 1.82) is 0 Å². The Hall–Kier alpha value is 2.33. The van der Waals surface area contributed by atoms with Crippen LogP contribution in [0, 0.1) is 39.8 Å². The molecule has 4 heavy (non-hydrogen) atoms. The van der Waals surface area contributed by atoms with Gasteiger partial charge in [-0.05, 0) is 0 Å². The number of rotatable bonds is 0. The summed E-state index contributed by atoms with van der Waals surface area (Å²) in [7, 11) is 0. The molecule has 4 heteroatoms. The van der Waals surface area contributed by atoms with Crippen LogP contribution in [0.2, 0.25) is 0 Å². The molecule has 0 radical (unpaired) electrons. The normalized spacial score (nSPS) is 0.750. The Labute approximate surface area is 76.0 Å². The Morgan fingerprint density at radius 3 is 1.25 bits per heavy atom. The summed E-state index contributed by atoms with van der Waals surface area (Å²) in [6.07, 6.45) is 0. The molecule has 0 aliphatic heterocycles. The number of hydrogen-bond acceptors (Lipinski definition) is 1. The van der Waals surface area contributed by atoms with Crippen LogP contribution in [0.25, 0.3) is 0 Å². The largest absolute Gasteiger partial charge is 0 e. The van der Waals surface area contributed by atoms with E-state index >= 15 is 0 Å². The minimum atomic E-state index is 0. The maximum atomic E-state index is 8.39. The topological polar surface area (TPSA) is 17.1 Å². The zero-order valence-electron chi connectivity index (χ0n) is 1.54. The van der Waals surface area contributed by atoms with E-state index in [0.717, 1.165) is 0 Å². The first-order valence-corrected chi connectivity index (χ1v) is 1.49. The van der Waals surface area contributed by atoms with Gasteiger partial charge in [0, 0.05) is 36.9 Å². The molecule has 30 valence electrons. The SMILES string of the molecule is [Ni].[O]=[Ce].[Pd]. The molecule has 0 spiro atoms. The molecule has 0 bridgehead atoms. The van der Waals surface area contributed by atoms with Gasteiger partial charge < -0.3 is 0 Å². The van der Waals surface area contributed by atoms with Crippen molar-refractivity contribution in [1.82, 2.24) is 0 Å². The van der Waals surface area contributed by atoms with Crippen LogP contribution in [0.4, 0.5) is 0 Å². The summed E-state index contributed by atoms with van der Waals surface area (Å²) in [6, 6.07) is 0. The van der Waals surface area contributed by atoms with Gasteiger partial charge in [0.05, 0.1) is 0 Å². The molecular formula is CeNiOPd. The molecule has 0 saturated heterocycles. The molecule has 0 atom stereocenters. The van der Waals surface area contributed by atoms with Crippen molar-refractivity contribution in [3.63, 3.8) is 0 Å². The van der Waals surface area contributed by atoms with Crippen LogP contribution >= 0.6 is 0 Å². The Morgan fingerprint density at radius 2 is 1.25 bits per heavy atom. The first-order chi connectivity index (χ1) is 1.00. The van der Waals surface area contributed by atoms with Gasteiger partial charge in [0.2, 0.25) is 0 Å². The van der Waals surface area contributed by atoms with Crippen LogP contribution in [-0.2, 0) is 37.9 Å². The quantitative estimate of drug-likeness (QED) is 0.569. The van der Waals surface area contributed by atoms with Crippen LogP contribution < -0.4 is 0 Å². The van der Waals surface area contributed by atoms with Crippen molar-refractivity contribution >= 4 is 0 Å². The maximum absolute atomic E-state index is 8.39. The predicted molar refractivity (Wildman–Crippen MR) is 0.686 cm³/mol. The first-order valence-electron chi connectivity index (χ1n) is 0.204. The van der Waals surface area contributed by atoms with Gasteiger partial charge in [0.15, 0.2) is 0 Å². The summed E-state index contributed by atoms with van der Waals surface area (Å²) >= 11 is 0.0556. The van der Waals surface area contributed by atoms with Gasteiger partial charge >= 0.3 is 40.7 Å². The summed E-state index contributed by atoms with van der Waals surface area (Å²) < 4.78 is 8.39. The van der Waals surface area contributed by atoms with Crippen LogP contribution in [0.15, 0.2) is 0 Å². The van der Waals surface area contributed by atoms with Gasteiger partial charge in [0.25, 0.3) is 0 Å². The minimum absolute atomic E-state index is 0. The summed E-state index contributed by atoms with van der Waals surface area (Å²) in [5.41, 5.74) is 0. The van der Waals surface area contributed by atoms with E-state index in [9.17, 15) is 0 Å². The van der Waals surface area contributed by atoms with Crippen molar-refractivity contribution in [2.75, 3.05) is 0 Å². The Kier molecular flexibility index (Phi) is 74.6. The Balaban J connectivity index is -0.00000000500. The van der Waals surface area contributed by atoms with Gasteiger partial charge in [-0.3, -0.25) is 0 Å². The van der Waals surface area contributed by atoms with E-state index in [1.165, 1.54) is 0 Å². The summed E-state index contributed by atoms with van der Waals surface area (Å²) in [5.74, 6) is 0. The van der Waals surface area contributed by atoms with Crippen molar-refractivity contribution in [3.05, 3.63) is 0 Å².